The molecule has 3 rings (SSSR count). The van der Waals surface area contributed by atoms with Gasteiger partial charge in [0.05, 0.1) is 37.7 Å². The fourth-order valence-corrected chi connectivity index (χ4v) is 3.04. The number of hydrogen-bond acceptors (Lipinski definition) is 6. The highest BCUT2D eigenvalue weighted by atomic mass is 19.1. The summed E-state index contributed by atoms with van der Waals surface area (Å²) >= 11 is 0. The highest BCUT2D eigenvalue weighted by Gasteiger charge is 2.27. The van der Waals surface area contributed by atoms with Crippen LogP contribution in [0, 0.1) is 11.6 Å². The summed E-state index contributed by atoms with van der Waals surface area (Å²) in [4.78, 5) is 31.4. The third-order valence-corrected chi connectivity index (χ3v) is 4.76. The van der Waals surface area contributed by atoms with E-state index in [0.717, 1.165) is 12.4 Å². The second-order valence-electron chi connectivity index (χ2n) is 6.48. The number of ether oxygens (including phenoxy) is 3. The Balaban J connectivity index is 1.56. The first kappa shape index (κ1) is 21.3. The van der Waals surface area contributed by atoms with Crippen LogP contribution >= 0.6 is 0 Å². The van der Waals surface area contributed by atoms with E-state index in [1.807, 2.05) is 0 Å². The smallest absolute Gasteiger partial charge is 0.410 e. The van der Waals surface area contributed by atoms with Crippen molar-refractivity contribution >= 4 is 12.0 Å². The van der Waals surface area contributed by atoms with Crippen LogP contribution in [0.2, 0.25) is 0 Å². The molecule has 2 heterocycles. The van der Waals surface area contributed by atoms with E-state index in [1.54, 1.807) is 23.1 Å². The molecule has 0 radical (unpaired) electrons. The van der Waals surface area contributed by atoms with Crippen LogP contribution in [0.5, 0.6) is 11.5 Å². The first-order valence-corrected chi connectivity index (χ1v) is 9.15. The predicted octanol–water partition coefficient (Wildman–Crippen LogP) is 2.47. The molecule has 8 nitrogen and oxygen atoms in total. The molecule has 1 aromatic heterocycles. The van der Waals surface area contributed by atoms with Crippen LogP contribution in [0.15, 0.2) is 30.6 Å². The highest BCUT2D eigenvalue weighted by molar-refractivity contribution is 5.97. The number of methoxy groups -OCH3 is 2. The van der Waals surface area contributed by atoms with Gasteiger partial charge < -0.3 is 24.0 Å². The topological polar surface area (TPSA) is 81.2 Å². The van der Waals surface area contributed by atoms with E-state index in [0.29, 0.717) is 17.1 Å². The van der Waals surface area contributed by atoms with Gasteiger partial charge in [-0.15, -0.1) is 0 Å². The summed E-state index contributed by atoms with van der Waals surface area (Å²) in [5.41, 5.74) is 0.0247. The summed E-state index contributed by atoms with van der Waals surface area (Å²) in [6.45, 7) is 0.470. The molecule has 2 aromatic rings. The second kappa shape index (κ2) is 9.38. The molecule has 0 spiro atoms. The number of piperazine rings is 1. The summed E-state index contributed by atoms with van der Waals surface area (Å²) in [6.07, 6.45) is 0.994. The molecule has 30 heavy (non-hydrogen) atoms. The number of aromatic nitrogens is 1. The summed E-state index contributed by atoms with van der Waals surface area (Å²) in [5, 5.41) is 0. The molecule has 1 aliphatic heterocycles. The van der Waals surface area contributed by atoms with Gasteiger partial charge in [0.15, 0.2) is 11.6 Å². The Morgan fingerprint density at radius 1 is 1.00 bits per heavy atom. The number of amides is 2. The standard InChI is InChI=1S/C20H21F2N3O5/c1-28-13-3-4-14(18(9-13)29-2)19(26)24-5-7-25(8-6-24)20(27)30-12-15-16(21)10-23-11-17(15)22/h3-4,9-11H,5-8,12H2,1-2H3. The second-order valence-corrected chi connectivity index (χ2v) is 6.48. The Morgan fingerprint density at radius 2 is 1.63 bits per heavy atom. The molecule has 0 bridgehead atoms. The van der Waals surface area contributed by atoms with E-state index in [-0.39, 0.29) is 37.6 Å². The lowest BCUT2D eigenvalue weighted by molar-refractivity contribution is 0.0536. The van der Waals surface area contributed by atoms with Crippen LogP contribution in [0.25, 0.3) is 0 Å². The van der Waals surface area contributed by atoms with Gasteiger partial charge in [-0.25, -0.2) is 13.6 Å². The van der Waals surface area contributed by atoms with Gasteiger partial charge in [0.1, 0.15) is 18.1 Å². The molecule has 0 atom stereocenters. The number of pyridine rings is 1. The molecule has 10 heteroatoms. The maximum absolute atomic E-state index is 13.6. The first-order valence-electron chi connectivity index (χ1n) is 9.15. The third kappa shape index (κ3) is 4.58. The molecule has 2 amide bonds. The van der Waals surface area contributed by atoms with Gasteiger partial charge in [-0.2, -0.15) is 0 Å². The average Bonchev–Trinajstić information content (AvgIpc) is 2.77. The molecule has 0 aliphatic carbocycles. The molecular formula is C20H21F2N3O5. The monoisotopic (exact) mass is 421 g/mol. The molecule has 0 unspecified atom stereocenters. The van der Waals surface area contributed by atoms with Gasteiger partial charge >= 0.3 is 6.09 Å². The SMILES string of the molecule is COc1ccc(C(=O)N2CCN(C(=O)OCc3c(F)cncc3F)CC2)c(OC)c1. The number of benzene rings is 1. The maximum Gasteiger partial charge on any atom is 0.410 e. The van der Waals surface area contributed by atoms with E-state index in [1.165, 1.54) is 19.1 Å². The molecule has 1 saturated heterocycles. The fraction of sp³-hybridized carbons (Fsp3) is 0.350. The number of nitrogens with zero attached hydrogens (tertiary/aromatic N) is 3. The Morgan fingerprint density at radius 3 is 2.23 bits per heavy atom. The number of carbonyl (C=O) groups excluding carboxylic acids is 2. The summed E-state index contributed by atoms with van der Waals surface area (Å²) in [7, 11) is 2.99. The van der Waals surface area contributed by atoms with Crippen molar-refractivity contribution in [3.63, 3.8) is 0 Å². The van der Waals surface area contributed by atoms with E-state index < -0.39 is 24.3 Å². The van der Waals surface area contributed by atoms with Gasteiger partial charge in [0.25, 0.3) is 5.91 Å². The first-order chi connectivity index (χ1) is 14.4. The molecule has 160 valence electrons. The van der Waals surface area contributed by atoms with E-state index in [4.69, 9.17) is 14.2 Å². The van der Waals surface area contributed by atoms with Gasteiger partial charge in [-0.3, -0.25) is 9.78 Å². The Hall–Kier alpha value is -3.43. The maximum atomic E-state index is 13.6. The van der Waals surface area contributed by atoms with Crippen LogP contribution in [-0.2, 0) is 11.3 Å². The molecule has 0 saturated carbocycles. The van der Waals surface area contributed by atoms with Crippen molar-refractivity contribution in [1.29, 1.82) is 0 Å². The van der Waals surface area contributed by atoms with Crippen LogP contribution < -0.4 is 9.47 Å². The lowest BCUT2D eigenvalue weighted by atomic mass is 10.1. The van der Waals surface area contributed by atoms with Crippen LogP contribution in [-0.4, -0.2) is 67.2 Å². The normalized spacial score (nSPS) is 13.7. The average molecular weight is 421 g/mol. The summed E-state index contributed by atoms with van der Waals surface area (Å²) in [6, 6.07) is 4.91. The van der Waals surface area contributed by atoms with Gasteiger partial charge in [-0.1, -0.05) is 0 Å². The third-order valence-electron chi connectivity index (χ3n) is 4.76. The minimum absolute atomic E-state index is 0.227. The van der Waals surface area contributed by atoms with Gasteiger partial charge in [0.2, 0.25) is 0 Å². The molecule has 0 N–H and O–H groups in total. The van der Waals surface area contributed by atoms with Crippen molar-refractivity contribution in [2.24, 2.45) is 0 Å². The number of carbonyl (C=O) groups is 2. The molecular weight excluding hydrogens is 400 g/mol. The van der Waals surface area contributed by atoms with Crippen molar-refractivity contribution in [2.45, 2.75) is 6.61 Å². The lowest BCUT2D eigenvalue weighted by Gasteiger charge is -2.34. The Bertz CT molecular complexity index is 912. The van der Waals surface area contributed by atoms with Crippen molar-refractivity contribution in [2.75, 3.05) is 40.4 Å². The van der Waals surface area contributed by atoms with Crippen molar-refractivity contribution in [1.82, 2.24) is 14.8 Å². The van der Waals surface area contributed by atoms with E-state index >= 15 is 0 Å². The van der Waals surface area contributed by atoms with Crippen molar-refractivity contribution < 1.29 is 32.6 Å². The fourth-order valence-electron chi connectivity index (χ4n) is 3.04. The summed E-state index contributed by atoms with van der Waals surface area (Å²) in [5.74, 6) is -1.04. The number of rotatable bonds is 5. The molecule has 1 aliphatic rings. The van der Waals surface area contributed by atoms with Crippen LogP contribution in [0.4, 0.5) is 13.6 Å². The summed E-state index contributed by atoms with van der Waals surface area (Å²) < 4.78 is 42.6. The van der Waals surface area contributed by atoms with Crippen molar-refractivity contribution in [3.05, 3.63) is 53.4 Å². The zero-order valence-corrected chi connectivity index (χ0v) is 16.6. The lowest BCUT2D eigenvalue weighted by Crippen LogP contribution is -2.50. The zero-order chi connectivity index (χ0) is 21.7. The van der Waals surface area contributed by atoms with Crippen molar-refractivity contribution in [3.8, 4) is 11.5 Å². The quantitative estimate of drug-likeness (QED) is 0.738. The largest absolute Gasteiger partial charge is 0.497 e. The van der Waals surface area contributed by atoms with Crippen LogP contribution in [0.3, 0.4) is 0 Å². The number of hydrogen-bond donors (Lipinski definition) is 0. The van der Waals surface area contributed by atoms with Gasteiger partial charge in [0, 0.05) is 32.2 Å². The zero-order valence-electron chi connectivity index (χ0n) is 16.6. The van der Waals surface area contributed by atoms with E-state index in [9.17, 15) is 18.4 Å². The van der Waals surface area contributed by atoms with Gasteiger partial charge in [-0.05, 0) is 12.1 Å². The Labute approximate surface area is 172 Å². The molecule has 1 fully saturated rings. The minimum Gasteiger partial charge on any atom is -0.497 e. The van der Waals surface area contributed by atoms with E-state index in [2.05, 4.69) is 4.98 Å². The highest BCUT2D eigenvalue weighted by Crippen LogP contribution is 2.26. The van der Waals surface area contributed by atoms with Crippen LogP contribution in [0.1, 0.15) is 15.9 Å². The Kier molecular flexibility index (Phi) is 6.65. The minimum atomic E-state index is -0.883. The molecule has 1 aromatic carbocycles. The number of halogens is 2. The predicted molar refractivity (Wildman–Crippen MR) is 101 cm³/mol.